The van der Waals surface area contributed by atoms with Crippen LogP contribution in [-0.4, -0.2) is 68.2 Å². The first kappa shape index (κ1) is 19.5. The van der Waals surface area contributed by atoms with Crippen LogP contribution in [0.1, 0.15) is 26.3 Å². The zero-order valence-corrected chi connectivity index (χ0v) is 16.1. The molecule has 0 radical (unpaired) electrons. The van der Waals surface area contributed by atoms with Crippen LogP contribution in [0.25, 0.3) is 0 Å². The zero-order valence-electron chi connectivity index (χ0n) is 16.1. The first-order chi connectivity index (χ1) is 11.8. The summed E-state index contributed by atoms with van der Waals surface area (Å²) in [5.74, 6) is 1.72. The van der Waals surface area contributed by atoms with Crippen molar-refractivity contribution in [3.8, 4) is 11.5 Å². The van der Waals surface area contributed by atoms with Gasteiger partial charge in [-0.1, -0.05) is 0 Å². The normalized spacial score (nSPS) is 16.5. The molecule has 6 heteroatoms. The molecule has 0 spiro atoms. The molecule has 0 aromatic heterocycles. The summed E-state index contributed by atoms with van der Waals surface area (Å²) in [4.78, 5) is 16.7. The Balaban J connectivity index is 1.83. The second-order valence-corrected chi connectivity index (χ2v) is 7.57. The highest BCUT2D eigenvalue weighted by Crippen LogP contribution is 2.23. The Bertz CT molecular complexity index is 554. The van der Waals surface area contributed by atoms with E-state index in [1.165, 1.54) is 5.56 Å². The second kappa shape index (κ2) is 8.54. The summed E-state index contributed by atoms with van der Waals surface area (Å²) in [6, 6.07) is 5.98. The van der Waals surface area contributed by atoms with Crippen LogP contribution in [-0.2, 0) is 11.3 Å². The van der Waals surface area contributed by atoms with E-state index in [9.17, 15) is 4.79 Å². The number of carbonyl (C=O) groups is 1. The van der Waals surface area contributed by atoms with Gasteiger partial charge in [0.1, 0.15) is 11.5 Å². The van der Waals surface area contributed by atoms with Gasteiger partial charge in [-0.25, -0.2) is 0 Å². The lowest BCUT2D eigenvalue weighted by molar-refractivity contribution is -0.124. The Morgan fingerprint density at radius 3 is 2.00 bits per heavy atom. The third kappa shape index (κ3) is 6.55. The smallest absolute Gasteiger partial charge is 0.234 e. The fourth-order valence-corrected chi connectivity index (χ4v) is 2.98. The van der Waals surface area contributed by atoms with Gasteiger partial charge in [0.25, 0.3) is 0 Å². The first-order valence-electron chi connectivity index (χ1n) is 8.77. The summed E-state index contributed by atoms with van der Waals surface area (Å²) in [7, 11) is 3.33. The summed E-state index contributed by atoms with van der Waals surface area (Å²) >= 11 is 0. The Morgan fingerprint density at radius 2 is 1.52 bits per heavy atom. The minimum Gasteiger partial charge on any atom is -0.497 e. The molecule has 0 atom stereocenters. The third-order valence-electron chi connectivity index (χ3n) is 4.16. The largest absolute Gasteiger partial charge is 0.497 e. The molecule has 1 aromatic carbocycles. The molecular formula is C19H31N3O3. The summed E-state index contributed by atoms with van der Waals surface area (Å²) in [5, 5.41) is 3.02. The fourth-order valence-electron chi connectivity index (χ4n) is 2.98. The van der Waals surface area contributed by atoms with E-state index in [0.29, 0.717) is 6.54 Å². The molecule has 140 valence electrons. The first-order valence-corrected chi connectivity index (χ1v) is 8.77. The Hall–Kier alpha value is -1.79. The molecule has 0 saturated carbocycles. The molecule has 1 aliphatic heterocycles. The minimum atomic E-state index is -0.176. The maximum atomic E-state index is 12.0. The van der Waals surface area contributed by atoms with E-state index in [1.807, 2.05) is 39.0 Å². The number of rotatable bonds is 6. The molecule has 0 bridgehead atoms. The molecule has 1 aliphatic rings. The van der Waals surface area contributed by atoms with Crippen LogP contribution < -0.4 is 14.8 Å². The number of ether oxygens (including phenoxy) is 2. The molecule has 1 heterocycles. The van der Waals surface area contributed by atoms with Gasteiger partial charge in [-0.05, 0) is 38.5 Å². The molecule has 1 saturated heterocycles. The number of hydrogen-bond donors (Lipinski definition) is 1. The highest BCUT2D eigenvalue weighted by atomic mass is 16.5. The summed E-state index contributed by atoms with van der Waals surface area (Å²) in [5.41, 5.74) is 1.000. The molecule has 1 fully saturated rings. The van der Waals surface area contributed by atoms with Crippen LogP contribution in [0.3, 0.4) is 0 Å². The van der Waals surface area contributed by atoms with Gasteiger partial charge in [0.05, 0.1) is 20.8 Å². The van der Waals surface area contributed by atoms with Crippen molar-refractivity contribution in [3.63, 3.8) is 0 Å². The van der Waals surface area contributed by atoms with Crippen molar-refractivity contribution in [2.45, 2.75) is 32.9 Å². The SMILES string of the molecule is COc1cc(CN2CCN(CC(=O)NC(C)(C)C)CC2)cc(OC)c1. The number of benzene rings is 1. The maximum absolute atomic E-state index is 12.0. The number of piperazine rings is 1. The molecule has 0 unspecified atom stereocenters. The quantitative estimate of drug-likeness (QED) is 0.848. The predicted octanol–water partition coefficient (Wildman–Crippen LogP) is 1.74. The number of amides is 1. The minimum absolute atomic E-state index is 0.0958. The molecular weight excluding hydrogens is 318 g/mol. The average Bonchev–Trinajstić information content (AvgIpc) is 2.54. The van der Waals surface area contributed by atoms with Crippen LogP contribution in [0, 0.1) is 0 Å². The monoisotopic (exact) mass is 349 g/mol. The van der Waals surface area contributed by atoms with E-state index in [2.05, 4.69) is 15.1 Å². The number of hydrogen-bond acceptors (Lipinski definition) is 5. The number of carbonyl (C=O) groups excluding carboxylic acids is 1. The van der Waals surface area contributed by atoms with Gasteiger partial charge in [-0.15, -0.1) is 0 Å². The van der Waals surface area contributed by atoms with Crippen LogP contribution in [0.5, 0.6) is 11.5 Å². The van der Waals surface area contributed by atoms with E-state index < -0.39 is 0 Å². The zero-order chi connectivity index (χ0) is 18.4. The van der Waals surface area contributed by atoms with E-state index in [4.69, 9.17) is 9.47 Å². The van der Waals surface area contributed by atoms with Crippen LogP contribution in [0.4, 0.5) is 0 Å². The number of methoxy groups -OCH3 is 2. The lowest BCUT2D eigenvalue weighted by atomic mass is 10.1. The van der Waals surface area contributed by atoms with Crippen molar-refractivity contribution in [3.05, 3.63) is 23.8 Å². The van der Waals surface area contributed by atoms with E-state index >= 15 is 0 Å². The van der Waals surface area contributed by atoms with E-state index in [0.717, 1.165) is 44.2 Å². The average molecular weight is 349 g/mol. The Kier molecular flexibility index (Phi) is 6.67. The van der Waals surface area contributed by atoms with Crippen molar-refractivity contribution in [1.82, 2.24) is 15.1 Å². The lowest BCUT2D eigenvalue weighted by Gasteiger charge is -2.35. The van der Waals surface area contributed by atoms with Gasteiger partial charge < -0.3 is 14.8 Å². The van der Waals surface area contributed by atoms with E-state index in [-0.39, 0.29) is 11.4 Å². The van der Waals surface area contributed by atoms with E-state index in [1.54, 1.807) is 14.2 Å². The molecule has 1 N–H and O–H groups in total. The third-order valence-corrected chi connectivity index (χ3v) is 4.16. The summed E-state index contributed by atoms with van der Waals surface area (Å²) in [6.07, 6.45) is 0. The van der Waals surface area contributed by atoms with Crippen LogP contribution >= 0.6 is 0 Å². The van der Waals surface area contributed by atoms with Gasteiger partial charge >= 0.3 is 0 Å². The molecule has 6 nitrogen and oxygen atoms in total. The van der Waals surface area contributed by atoms with Gasteiger partial charge in [0.2, 0.25) is 5.91 Å². The molecule has 25 heavy (non-hydrogen) atoms. The molecule has 1 aromatic rings. The van der Waals surface area contributed by atoms with Gasteiger partial charge in [0, 0.05) is 44.3 Å². The van der Waals surface area contributed by atoms with Gasteiger partial charge in [0.15, 0.2) is 0 Å². The topological polar surface area (TPSA) is 54.0 Å². The van der Waals surface area contributed by atoms with Crippen LogP contribution in [0.15, 0.2) is 18.2 Å². The number of nitrogens with zero attached hydrogens (tertiary/aromatic N) is 2. The summed E-state index contributed by atoms with van der Waals surface area (Å²) < 4.78 is 10.7. The molecule has 2 rings (SSSR count). The highest BCUT2D eigenvalue weighted by molar-refractivity contribution is 5.78. The Morgan fingerprint density at radius 1 is 1.00 bits per heavy atom. The lowest BCUT2D eigenvalue weighted by Crippen LogP contribution is -2.51. The standard InChI is InChI=1S/C19H31N3O3/c1-19(2,3)20-18(23)14-22-8-6-21(7-9-22)13-15-10-16(24-4)12-17(11-15)25-5/h10-12H,6-9,13-14H2,1-5H3,(H,20,23). The van der Waals surface area contributed by atoms with Crippen molar-refractivity contribution in [2.24, 2.45) is 0 Å². The predicted molar refractivity (Wildman–Crippen MR) is 99.2 cm³/mol. The van der Waals surface area contributed by atoms with Gasteiger partial charge in [-0.2, -0.15) is 0 Å². The second-order valence-electron chi connectivity index (χ2n) is 7.57. The summed E-state index contributed by atoms with van der Waals surface area (Å²) in [6.45, 7) is 11.0. The van der Waals surface area contributed by atoms with Crippen LogP contribution in [0.2, 0.25) is 0 Å². The Labute approximate surface area is 151 Å². The number of nitrogens with one attached hydrogen (secondary N) is 1. The van der Waals surface area contributed by atoms with Crippen molar-refractivity contribution >= 4 is 5.91 Å². The van der Waals surface area contributed by atoms with Crippen molar-refractivity contribution < 1.29 is 14.3 Å². The molecule has 1 amide bonds. The fraction of sp³-hybridized carbons (Fsp3) is 0.632. The molecule has 0 aliphatic carbocycles. The van der Waals surface area contributed by atoms with Crippen molar-refractivity contribution in [2.75, 3.05) is 46.9 Å². The van der Waals surface area contributed by atoms with Crippen molar-refractivity contribution in [1.29, 1.82) is 0 Å². The maximum Gasteiger partial charge on any atom is 0.234 e. The van der Waals surface area contributed by atoms with Gasteiger partial charge in [-0.3, -0.25) is 14.6 Å². The highest BCUT2D eigenvalue weighted by Gasteiger charge is 2.21.